The largest absolute Gasteiger partial charge is 0.387 e. The number of nitrogens with zero attached hydrogens (tertiary/aromatic N) is 4. The summed E-state index contributed by atoms with van der Waals surface area (Å²) in [5.41, 5.74) is 5.14. The molecule has 0 unspecified atom stereocenters. The monoisotopic (exact) mass is 185 g/mol. The third-order valence-electron chi connectivity index (χ3n) is 1.23. The van der Waals surface area contributed by atoms with Crippen molar-refractivity contribution in [3.05, 3.63) is 5.82 Å². The van der Waals surface area contributed by atoms with Crippen LogP contribution in [-0.2, 0) is 5.54 Å². The van der Waals surface area contributed by atoms with E-state index in [0.29, 0.717) is 5.82 Å². The fourth-order valence-corrected chi connectivity index (χ4v) is 0.679. The highest BCUT2D eigenvalue weighted by molar-refractivity contribution is 7.80. The van der Waals surface area contributed by atoms with Crippen molar-refractivity contribution < 1.29 is 0 Å². The molecule has 0 spiro atoms. The van der Waals surface area contributed by atoms with Crippen LogP contribution in [0.1, 0.15) is 26.6 Å². The van der Waals surface area contributed by atoms with Crippen molar-refractivity contribution in [3.8, 4) is 0 Å². The zero-order valence-electron chi connectivity index (χ0n) is 7.27. The van der Waals surface area contributed by atoms with Gasteiger partial charge in [0, 0.05) is 0 Å². The molecule has 0 aliphatic rings. The Bertz CT molecular complexity index is 297. The third-order valence-corrected chi connectivity index (χ3v) is 1.42. The zero-order valence-corrected chi connectivity index (χ0v) is 8.09. The number of hydrogen-bond donors (Lipinski definition) is 1. The Morgan fingerprint density at radius 1 is 1.50 bits per heavy atom. The van der Waals surface area contributed by atoms with Crippen LogP contribution in [-0.4, -0.2) is 25.2 Å². The molecule has 12 heavy (non-hydrogen) atoms. The van der Waals surface area contributed by atoms with Gasteiger partial charge < -0.3 is 5.73 Å². The Hall–Kier alpha value is -1.04. The molecule has 0 amide bonds. The number of thiocarbonyl (C=S) groups is 1. The van der Waals surface area contributed by atoms with Gasteiger partial charge in [-0.15, -0.1) is 10.2 Å². The van der Waals surface area contributed by atoms with E-state index in [1.807, 2.05) is 20.8 Å². The summed E-state index contributed by atoms with van der Waals surface area (Å²) in [7, 11) is 0. The summed E-state index contributed by atoms with van der Waals surface area (Å²) in [5, 5.41) is 11.5. The van der Waals surface area contributed by atoms with Crippen LogP contribution in [0.15, 0.2) is 0 Å². The minimum Gasteiger partial charge on any atom is -0.387 e. The number of aromatic nitrogens is 4. The lowest BCUT2D eigenvalue weighted by atomic mass is 10.1. The highest BCUT2D eigenvalue weighted by Crippen LogP contribution is 2.08. The lowest BCUT2D eigenvalue weighted by Gasteiger charge is -2.15. The number of tetrazole rings is 1. The van der Waals surface area contributed by atoms with Gasteiger partial charge in [-0.2, -0.15) is 4.80 Å². The minimum absolute atomic E-state index is 0.172. The molecule has 5 nitrogen and oxygen atoms in total. The molecule has 2 N–H and O–H groups in total. The highest BCUT2D eigenvalue weighted by atomic mass is 32.1. The first-order valence-corrected chi connectivity index (χ1v) is 3.92. The topological polar surface area (TPSA) is 69.6 Å². The van der Waals surface area contributed by atoms with Crippen LogP contribution in [0.4, 0.5) is 0 Å². The number of rotatable bonds is 1. The Balaban J connectivity index is 3.00. The number of nitrogens with two attached hydrogens (primary N) is 1. The molecule has 0 radical (unpaired) electrons. The molecule has 0 bridgehead atoms. The van der Waals surface area contributed by atoms with E-state index in [2.05, 4.69) is 15.4 Å². The maximum Gasteiger partial charge on any atom is 0.231 e. The summed E-state index contributed by atoms with van der Waals surface area (Å²) in [6.45, 7) is 5.91. The summed E-state index contributed by atoms with van der Waals surface area (Å²) < 4.78 is 0. The van der Waals surface area contributed by atoms with Gasteiger partial charge in [0.25, 0.3) is 0 Å². The standard InChI is InChI=1S/C6H11N5S/c1-6(2,3)11-9-5(4(7)12)8-10-11/h1-3H3,(H2,7,12). The quantitative estimate of drug-likeness (QED) is 0.627. The predicted molar refractivity (Wildman–Crippen MR) is 48.7 cm³/mol. The van der Waals surface area contributed by atoms with E-state index in [9.17, 15) is 0 Å². The van der Waals surface area contributed by atoms with Gasteiger partial charge in [0.2, 0.25) is 5.82 Å². The molecule has 0 aromatic carbocycles. The molecule has 1 aromatic rings. The Labute approximate surface area is 75.9 Å². The minimum atomic E-state index is -0.184. The fraction of sp³-hybridized carbons (Fsp3) is 0.667. The first kappa shape index (κ1) is 9.05. The van der Waals surface area contributed by atoms with Gasteiger partial charge in [-0.05, 0) is 26.0 Å². The predicted octanol–water partition coefficient (Wildman–Crippen LogP) is 0.0623. The third kappa shape index (κ3) is 1.76. The molecular formula is C6H11N5S. The van der Waals surface area contributed by atoms with Crippen LogP contribution in [0.2, 0.25) is 0 Å². The van der Waals surface area contributed by atoms with Crippen molar-refractivity contribution in [2.24, 2.45) is 5.73 Å². The fourth-order valence-electron chi connectivity index (χ4n) is 0.597. The molecule has 0 aliphatic heterocycles. The highest BCUT2D eigenvalue weighted by Gasteiger charge is 2.17. The average molecular weight is 185 g/mol. The Kier molecular flexibility index (Phi) is 2.10. The summed E-state index contributed by atoms with van der Waals surface area (Å²) in [6, 6.07) is 0. The van der Waals surface area contributed by atoms with E-state index in [4.69, 9.17) is 18.0 Å². The molecule has 0 aliphatic carbocycles. The summed E-state index contributed by atoms with van der Waals surface area (Å²) in [4.78, 5) is 1.66. The van der Waals surface area contributed by atoms with Crippen LogP contribution in [0.5, 0.6) is 0 Å². The summed E-state index contributed by atoms with van der Waals surface area (Å²) in [5.74, 6) is 0.319. The van der Waals surface area contributed by atoms with Gasteiger partial charge in [-0.1, -0.05) is 12.2 Å². The van der Waals surface area contributed by atoms with Crippen LogP contribution in [0.3, 0.4) is 0 Å². The SMILES string of the molecule is CC(C)(C)n1nnc(C(N)=S)n1. The van der Waals surface area contributed by atoms with Gasteiger partial charge >= 0.3 is 0 Å². The van der Waals surface area contributed by atoms with Gasteiger partial charge in [-0.3, -0.25) is 0 Å². The Morgan fingerprint density at radius 3 is 2.33 bits per heavy atom. The van der Waals surface area contributed by atoms with Crippen molar-refractivity contribution in [3.63, 3.8) is 0 Å². The van der Waals surface area contributed by atoms with E-state index in [1.54, 1.807) is 0 Å². The van der Waals surface area contributed by atoms with Crippen LogP contribution in [0.25, 0.3) is 0 Å². The first-order chi connectivity index (χ1) is 5.41. The van der Waals surface area contributed by atoms with Crippen molar-refractivity contribution in [2.75, 3.05) is 0 Å². The van der Waals surface area contributed by atoms with Crippen LogP contribution < -0.4 is 5.73 Å². The molecule has 0 saturated heterocycles. The number of hydrogen-bond acceptors (Lipinski definition) is 4. The Morgan fingerprint density at radius 2 is 2.08 bits per heavy atom. The molecule has 0 saturated carbocycles. The second-order valence-electron chi connectivity index (χ2n) is 3.44. The summed E-state index contributed by atoms with van der Waals surface area (Å²) >= 11 is 4.70. The first-order valence-electron chi connectivity index (χ1n) is 3.51. The van der Waals surface area contributed by atoms with Gasteiger partial charge in [0.05, 0.1) is 5.54 Å². The normalized spacial score (nSPS) is 11.6. The van der Waals surface area contributed by atoms with Gasteiger partial charge in [0.15, 0.2) is 0 Å². The zero-order chi connectivity index (χ0) is 9.35. The van der Waals surface area contributed by atoms with Gasteiger partial charge in [-0.25, -0.2) is 0 Å². The average Bonchev–Trinajstić information content (AvgIpc) is 2.30. The molecule has 1 heterocycles. The second kappa shape index (κ2) is 2.78. The molecule has 0 atom stereocenters. The summed E-state index contributed by atoms with van der Waals surface area (Å²) in [6.07, 6.45) is 0. The van der Waals surface area contributed by atoms with Crippen LogP contribution in [0, 0.1) is 0 Å². The van der Waals surface area contributed by atoms with Gasteiger partial charge in [0.1, 0.15) is 4.99 Å². The van der Waals surface area contributed by atoms with E-state index >= 15 is 0 Å². The molecule has 0 fully saturated rings. The van der Waals surface area contributed by atoms with Crippen molar-refractivity contribution >= 4 is 17.2 Å². The second-order valence-corrected chi connectivity index (χ2v) is 3.88. The maximum atomic E-state index is 5.32. The van der Waals surface area contributed by atoms with E-state index in [-0.39, 0.29) is 10.5 Å². The van der Waals surface area contributed by atoms with E-state index in [1.165, 1.54) is 4.80 Å². The van der Waals surface area contributed by atoms with Crippen LogP contribution >= 0.6 is 12.2 Å². The lowest BCUT2D eigenvalue weighted by Crippen LogP contribution is -2.25. The molecular weight excluding hydrogens is 174 g/mol. The maximum absolute atomic E-state index is 5.32. The molecule has 6 heteroatoms. The molecule has 1 aromatic heterocycles. The molecule has 1 rings (SSSR count). The van der Waals surface area contributed by atoms with Crippen molar-refractivity contribution in [1.82, 2.24) is 20.2 Å². The van der Waals surface area contributed by atoms with E-state index in [0.717, 1.165) is 0 Å². The van der Waals surface area contributed by atoms with Crippen molar-refractivity contribution in [1.29, 1.82) is 0 Å². The van der Waals surface area contributed by atoms with E-state index < -0.39 is 0 Å². The smallest absolute Gasteiger partial charge is 0.231 e. The van der Waals surface area contributed by atoms with Crippen molar-refractivity contribution in [2.45, 2.75) is 26.3 Å². The lowest BCUT2D eigenvalue weighted by molar-refractivity contribution is 0.306. The molecule has 66 valence electrons.